The van der Waals surface area contributed by atoms with Gasteiger partial charge in [-0.15, -0.1) is 0 Å². The van der Waals surface area contributed by atoms with Crippen LogP contribution >= 0.6 is 0 Å². The number of nitrogens with zero attached hydrogens (tertiary/aromatic N) is 1. The fourth-order valence-corrected chi connectivity index (χ4v) is 4.91. The molecule has 1 saturated carbocycles. The lowest BCUT2D eigenvalue weighted by molar-refractivity contribution is -0.168. The molecule has 1 aliphatic heterocycles. The second-order valence-corrected chi connectivity index (χ2v) is 9.05. The predicted molar refractivity (Wildman–Crippen MR) is 110 cm³/mol. The molecule has 2 aliphatic rings. The van der Waals surface area contributed by atoms with E-state index >= 15 is 0 Å². The van der Waals surface area contributed by atoms with Gasteiger partial charge < -0.3 is 5.32 Å². The number of hydrogen-bond donors (Lipinski definition) is 1. The summed E-state index contributed by atoms with van der Waals surface area (Å²) in [5.74, 6) is -0.292. The normalized spacial score (nSPS) is 25.9. The molecule has 28 heavy (non-hydrogen) atoms. The van der Waals surface area contributed by atoms with E-state index in [0.717, 1.165) is 36.1 Å². The van der Waals surface area contributed by atoms with Crippen molar-refractivity contribution >= 4 is 23.4 Å². The summed E-state index contributed by atoms with van der Waals surface area (Å²) in [6.07, 6.45) is 3.17. The van der Waals surface area contributed by atoms with E-state index in [1.54, 1.807) is 0 Å². The van der Waals surface area contributed by atoms with Crippen LogP contribution < -0.4 is 5.32 Å². The van der Waals surface area contributed by atoms with Crippen molar-refractivity contribution in [3.05, 3.63) is 29.3 Å². The van der Waals surface area contributed by atoms with Crippen LogP contribution in [0.3, 0.4) is 0 Å². The van der Waals surface area contributed by atoms with Gasteiger partial charge in [0, 0.05) is 24.6 Å². The standard InChI is InChI=1S/C23H32N2O3/c1-6-16-10-7-9-15(2)19(16)24-18(26)11-8-14-25-20(27)17-12-13-23(5,21(25)28)22(17,3)4/h7,9-10,17H,6,8,11-14H2,1-5H3,(H,24,26). The van der Waals surface area contributed by atoms with Gasteiger partial charge in [0.05, 0.1) is 5.41 Å². The minimum atomic E-state index is -0.481. The summed E-state index contributed by atoms with van der Waals surface area (Å²) in [5, 5.41) is 3.01. The van der Waals surface area contributed by atoms with Crippen molar-refractivity contribution in [1.82, 2.24) is 4.90 Å². The zero-order chi connectivity index (χ0) is 20.7. The van der Waals surface area contributed by atoms with E-state index in [2.05, 4.69) is 12.2 Å². The summed E-state index contributed by atoms with van der Waals surface area (Å²) < 4.78 is 0. The van der Waals surface area contributed by atoms with Crippen molar-refractivity contribution in [2.45, 2.75) is 66.7 Å². The second kappa shape index (κ2) is 7.34. The Morgan fingerprint density at radius 1 is 1.25 bits per heavy atom. The number of benzene rings is 1. The van der Waals surface area contributed by atoms with E-state index in [-0.39, 0.29) is 29.1 Å². The Morgan fingerprint density at radius 2 is 1.96 bits per heavy atom. The fraction of sp³-hybridized carbons (Fsp3) is 0.609. The minimum absolute atomic E-state index is 0.0578. The van der Waals surface area contributed by atoms with Crippen molar-refractivity contribution in [1.29, 1.82) is 0 Å². The van der Waals surface area contributed by atoms with Gasteiger partial charge in [0.25, 0.3) is 0 Å². The van der Waals surface area contributed by atoms with Crippen LogP contribution in [0.15, 0.2) is 18.2 Å². The molecular weight excluding hydrogens is 352 g/mol. The third kappa shape index (κ3) is 3.15. The number of piperidine rings is 1. The van der Waals surface area contributed by atoms with Crippen LogP contribution in [-0.2, 0) is 20.8 Å². The molecule has 2 atom stereocenters. The Balaban J connectivity index is 1.61. The zero-order valence-corrected chi connectivity index (χ0v) is 17.7. The molecule has 152 valence electrons. The van der Waals surface area contributed by atoms with Crippen molar-refractivity contribution in [2.24, 2.45) is 16.7 Å². The molecule has 3 rings (SSSR count). The predicted octanol–water partition coefficient (Wildman–Crippen LogP) is 4.09. The number of amides is 3. The van der Waals surface area contributed by atoms with Gasteiger partial charge in [-0.25, -0.2) is 0 Å². The molecule has 5 heteroatoms. The van der Waals surface area contributed by atoms with Crippen LogP contribution in [0.1, 0.15) is 64.5 Å². The van der Waals surface area contributed by atoms with Crippen molar-refractivity contribution in [3.63, 3.8) is 0 Å². The Labute approximate surface area is 167 Å². The summed E-state index contributed by atoms with van der Waals surface area (Å²) in [6.45, 7) is 10.4. The third-order valence-corrected chi connectivity index (χ3v) is 7.30. The van der Waals surface area contributed by atoms with Crippen LogP contribution in [0.5, 0.6) is 0 Å². The average molecular weight is 385 g/mol. The number of likely N-dealkylation sites (tertiary alicyclic amines) is 1. The highest BCUT2D eigenvalue weighted by Gasteiger charge is 2.64. The van der Waals surface area contributed by atoms with E-state index < -0.39 is 5.41 Å². The second-order valence-electron chi connectivity index (χ2n) is 9.05. The number of nitrogens with one attached hydrogen (secondary N) is 1. The maximum Gasteiger partial charge on any atom is 0.235 e. The molecule has 2 fully saturated rings. The first-order valence-electron chi connectivity index (χ1n) is 10.4. The molecule has 1 aromatic rings. The number of rotatable bonds is 6. The summed E-state index contributed by atoms with van der Waals surface area (Å²) in [6, 6.07) is 6.00. The van der Waals surface area contributed by atoms with Gasteiger partial charge in [-0.1, -0.05) is 45.9 Å². The number of carbonyl (C=O) groups excluding carboxylic acids is 3. The quantitative estimate of drug-likeness (QED) is 0.751. The van der Waals surface area contributed by atoms with Crippen LogP contribution in [0, 0.1) is 23.7 Å². The van der Waals surface area contributed by atoms with Gasteiger partial charge in [-0.05, 0) is 49.1 Å². The molecule has 2 unspecified atom stereocenters. The largest absolute Gasteiger partial charge is 0.326 e. The topological polar surface area (TPSA) is 66.5 Å². The molecule has 1 saturated heterocycles. The number of para-hydroxylation sites is 1. The minimum Gasteiger partial charge on any atom is -0.326 e. The number of fused-ring (bicyclic) bond motifs is 2. The van der Waals surface area contributed by atoms with Gasteiger partial charge in [0.1, 0.15) is 0 Å². The summed E-state index contributed by atoms with van der Waals surface area (Å²) in [7, 11) is 0. The average Bonchev–Trinajstić information content (AvgIpc) is 2.83. The zero-order valence-electron chi connectivity index (χ0n) is 17.7. The van der Waals surface area contributed by atoms with E-state index in [4.69, 9.17) is 0 Å². The highest BCUT2D eigenvalue weighted by atomic mass is 16.2. The van der Waals surface area contributed by atoms with E-state index in [0.29, 0.717) is 19.4 Å². The number of imide groups is 1. The molecule has 2 bridgehead atoms. The van der Waals surface area contributed by atoms with Crippen molar-refractivity contribution in [3.8, 4) is 0 Å². The maximum atomic E-state index is 13.0. The van der Waals surface area contributed by atoms with Gasteiger partial charge in [0.2, 0.25) is 17.7 Å². The first-order valence-corrected chi connectivity index (χ1v) is 10.4. The maximum absolute atomic E-state index is 13.0. The SMILES string of the molecule is CCc1cccc(C)c1NC(=O)CCCN1C(=O)C2CCC(C)(C1=O)C2(C)C. The van der Waals surface area contributed by atoms with E-state index in [1.165, 1.54) is 4.90 Å². The van der Waals surface area contributed by atoms with Crippen LogP contribution in [0.4, 0.5) is 5.69 Å². The molecule has 1 N–H and O–H groups in total. The van der Waals surface area contributed by atoms with Gasteiger partial charge >= 0.3 is 0 Å². The smallest absolute Gasteiger partial charge is 0.235 e. The van der Waals surface area contributed by atoms with Gasteiger partial charge in [-0.2, -0.15) is 0 Å². The lowest BCUT2D eigenvalue weighted by Gasteiger charge is -2.47. The van der Waals surface area contributed by atoms with Crippen molar-refractivity contribution in [2.75, 3.05) is 11.9 Å². The molecule has 0 spiro atoms. The highest BCUT2D eigenvalue weighted by molar-refractivity contribution is 6.03. The monoisotopic (exact) mass is 384 g/mol. The Morgan fingerprint density at radius 3 is 2.64 bits per heavy atom. The number of hydrogen-bond acceptors (Lipinski definition) is 3. The lowest BCUT2D eigenvalue weighted by atomic mass is 9.62. The van der Waals surface area contributed by atoms with Crippen LogP contribution in [-0.4, -0.2) is 29.2 Å². The Hall–Kier alpha value is -2.17. The highest BCUT2D eigenvalue weighted by Crippen LogP contribution is 2.60. The Kier molecular flexibility index (Phi) is 5.39. The van der Waals surface area contributed by atoms with Crippen LogP contribution in [0.2, 0.25) is 0 Å². The third-order valence-electron chi connectivity index (χ3n) is 7.30. The lowest BCUT2D eigenvalue weighted by Crippen LogP contribution is -2.59. The van der Waals surface area contributed by atoms with Crippen molar-refractivity contribution < 1.29 is 14.4 Å². The number of carbonyl (C=O) groups is 3. The van der Waals surface area contributed by atoms with Gasteiger partial charge in [-0.3, -0.25) is 19.3 Å². The summed E-state index contributed by atoms with van der Waals surface area (Å²) in [5.41, 5.74) is 2.26. The van der Waals surface area contributed by atoms with Crippen LogP contribution in [0.25, 0.3) is 0 Å². The first-order chi connectivity index (χ1) is 13.1. The summed E-state index contributed by atoms with van der Waals surface area (Å²) in [4.78, 5) is 39.7. The molecule has 3 amide bonds. The van der Waals surface area contributed by atoms with E-state index in [9.17, 15) is 14.4 Å². The molecule has 0 radical (unpaired) electrons. The molecule has 5 nitrogen and oxygen atoms in total. The molecular formula is C23H32N2O3. The Bertz CT molecular complexity index is 814. The molecule has 1 aliphatic carbocycles. The molecule has 0 aromatic heterocycles. The number of aryl methyl sites for hydroxylation is 2. The molecule has 1 heterocycles. The fourth-order valence-electron chi connectivity index (χ4n) is 4.91. The number of anilines is 1. The summed E-state index contributed by atoms with van der Waals surface area (Å²) >= 11 is 0. The van der Waals surface area contributed by atoms with Gasteiger partial charge in [0.15, 0.2) is 0 Å². The molecule has 1 aromatic carbocycles. The van der Waals surface area contributed by atoms with E-state index in [1.807, 2.05) is 45.9 Å². The first kappa shape index (κ1) is 20.6.